The van der Waals surface area contributed by atoms with Gasteiger partial charge in [0, 0.05) is 32.9 Å². The van der Waals surface area contributed by atoms with Crippen LogP contribution < -0.4 is 5.32 Å². The van der Waals surface area contributed by atoms with Gasteiger partial charge in [-0.25, -0.2) is 4.98 Å². The molecule has 7 heteroatoms. The number of nitrogens with zero attached hydrogens (tertiary/aromatic N) is 3. The van der Waals surface area contributed by atoms with Crippen molar-refractivity contribution >= 4 is 17.5 Å². The molecule has 6 rings (SSSR count). The van der Waals surface area contributed by atoms with E-state index in [1.807, 2.05) is 17.0 Å². The van der Waals surface area contributed by atoms with Gasteiger partial charge in [-0.15, -0.1) is 0 Å². The number of piperidine rings is 1. The number of hydrogen-bond acceptors (Lipinski definition) is 4. The van der Waals surface area contributed by atoms with Gasteiger partial charge >= 0.3 is 0 Å². The average Bonchev–Trinajstić information content (AvgIpc) is 3.26. The normalized spacial score (nSPS) is 27.2. The van der Waals surface area contributed by atoms with E-state index >= 15 is 0 Å². The molecule has 0 spiro atoms. The van der Waals surface area contributed by atoms with Crippen LogP contribution in [-0.2, 0) is 4.74 Å². The molecular weight excluding hydrogens is 404 g/mol. The Bertz CT molecular complexity index is 1020. The molecule has 7 nitrogen and oxygen atoms in total. The fraction of sp³-hybridized carbons (Fsp3) is 0.640. The van der Waals surface area contributed by atoms with Crippen LogP contribution >= 0.6 is 0 Å². The van der Waals surface area contributed by atoms with Crippen molar-refractivity contribution < 1.29 is 14.3 Å². The van der Waals surface area contributed by atoms with E-state index in [0.29, 0.717) is 53.9 Å². The minimum Gasteiger partial charge on any atom is -0.381 e. The summed E-state index contributed by atoms with van der Waals surface area (Å²) in [6.07, 6.45) is 7.37. The topological polar surface area (TPSA) is 75.9 Å². The van der Waals surface area contributed by atoms with Crippen LogP contribution in [0.25, 0.3) is 5.65 Å². The SMILES string of the molecule is COC1CCN(C(=O)c2cn3c(C(=O)NC[C@@H]4CC[C@H]5C[C@@H]4C5(C)C)cccc3n2)CC1. The maximum atomic E-state index is 13.1. The van der Waals surface area contributed by atoms with Crippen LogP contribution in [0.15, 0.2) is 24.4 Å². The Hall–Kier alpha value is -2.41. The molecule has 0 radical (unpaired) electrons. The molecule has 172 valence electrons. The standard InChI is InChI=1S/C25H34N4O3/c1-25(2)17-8-7-16(19(25)13-17)14-26-23(30)21-5-4-6-22-27-20(15-29(21)22)24(31)28-11-9-18(32-3)10-12-28/h4-6,15-19H,7-14H2,1-3H3,(H,26,30)/t16-,17-,19-/m0/s1. The molecule has 2 bridgehead atoms. The predicted molar refractivity (Wildman–Crippen MR) is 122 cm³/mol. The monoisotopic (exact) mass is 438 g/mol. The number of ether oxygens (including phenoxy) is 1. The maximum absolute atomic E-state index is 13.1. The predicted octanol–water partition coefficient (Wildman–Crippen LogP) is 3.39. The van der Waals surface area contributed by atoms with Gasteiger partial charge < -0.3 is 15.0 Å². The summed E-state index contributed by atoms with van der Waals surface area (Å²) in [7, 11) is 1.72. The molecule has 2 amide bonds. The van der Waals surface area contributed by atoms with Gasteiger partial charge in [-0.3, -0.25) is 14.0 Å². The summed E-state index contributed by atoms with van der Waals surface area (Å²) in [5.74, 6) is 1.92. The van der Waals surface area contributed by atoms with Crippen molar-refractivity contribution in [2.45, 2.75) is 52.1 Å². The quantitative estimate of drug-likeness (QED) is 0.776. The van der Waals surface area contributed by atoms with Crippen LogP contribution in [0.3, 0.4) is 0 Å². The summed E-state index contributed by atoms with van der Waals surface area (Å²) >= 11 is 0. The second kappa shape index (κ2) is 8.18. The molecule has 3 aliphatic carbocycles. The molecular formula is C25H34N4O3. The first-order valence-corrected chi connectivity index (χ1v) is 12.0. The lowest BCUT2D eigenvalue weighted by Gasteiger charge is -2.60. The first-order chi connectivity index (χ1) is 15.4. The lowest BCUT2D eigenvalue weighted by Crippen LogP contribution is -2.54. The largest absolute Gasteiger partial charge is 0.381 e. The fourth-order valence-electron chi connectivity index (χ4n) is 6.28. The molecule has 1 saturated heterocycles. The van der Waals surface area contributed by atoms with Gasteiger partial charge in [-0.1, -0.05) is 19.9 Å². The molecule has 1 aliphatic heterocycles. The van der Waals surface area contributed by atoms with E-state index < -0.39 is 0 Å². The van der Waals surface area contributed by atoms with Crippen molar-refractivity contribution in [2.24, 2.45) is 23.2 Å². The van der Waals surface area contributed by atoms with Crippen molar-refractivity contribution in [2.75, 3.05) is 26.7 Å². The molecule has 0 aromatic carbocycles. The van der Waals surface area contributed by atoms with E-state index in [2.05, 4.69) is 24.1 Å². The molecule has 32 heavy (non-hydrogen) atoms. The van der Waals surface area contributed by atoms with Gasteiger partial charge in [0.15, 0.2) is 0 Å². The zero-order chi connectivity index (χ0) is 22.5. The molecule has 0 unspecified atom stereocenters. The van der Waals surface area contributed by atoms with Gasteiger partial charge in [0.05, 0.1) is 6.10 Å². The minimum absolute atomic E-state index is 0.0846. The van der Waals surface area contributed by atoms with E-state index in [1.54, 1.807) is 23.8 Å². The van der Waals surface area contributed by atoms with Gasteiger partial charge in [-0.05, 0) is 67.4 Å². The van der Waals surface area contributed by atoms with E-state index in [4.69, 9.17) is 4.74 Å². The summed E-state index contributed by atoms with van der Waals surface area (Å²) in [6.45, 7) is 6.80. The van der Waals surface area contributed by atoms with E-state index in [1.165, 1.54) is 19.3 Å². The number of rotatable bonds is 5. The maximum Gasteiger partial charge on any atom is 0.274 e. The highest BCUT2D eigenvalue weighted by molar-refractivity contribution is 5.95. The van der Waals surface area contributed by atoms with E-state index in [-0.39, 0.29) is 17.9 Å². The Balaban J connectivity index is 1.28. The van der Waals surface area contributed by atoms with Crippen molar-refractivity contribution in [3.05, 3.63) is 35.8 Å². The summed E-state index contributed by atoms with van der Waals surface area (Å²) in [5.41, 5.74) is 1.93. The number of hydrogen-bond donors (Lipinski definition) is 1. The molecule has 4 fully saturated rings. The number of amides is 2. The zero-order valence-electron chi connectivity index (χ0n) is 19.3. The number of carbonyl (C=O) groups is 2. The first kappa shape index (κ1) is 21.4. The van der Waals surface area contributed by atoms with Gasteiger partial charge in [0.2, 0.25) is 0 Å². The van der Waals surface area contributed by atoms with Crippen LogP contribution in [0.2, 0.25) is 0 Å². The molecule has 3 saturated carbocycles. The number of nitrogens with one attached hydrogen (secondary N) is 1. The summed E-state index contributed by atoms with van der Waals surface area (Å²) in [4.78, 5) is 32.4. The Labute approximate surface area is 189 Å². The highest BCUT2D eigenvalue weighted by Crippen LogP contribution is 2.61. The summed E-state index contributed by atoms with van der Waals surface area (Å²) in [5, 5.41) is 3.17. The first-order valence-electron chi connectivity index (χ1n) is 12.0. The number of carbonyl (C=O) groups excluding carboxylic acids is 2. The van der Waals surface area contributed by atoms with Crippen LogP contribution in [0.5, 0.6) is 0 Å². The Morgan fingerprint density at radius 2 is 1.97 bits per heavy atom. The number of fused-ring (bicyclic) bond motifs is 3. The third-order valence-electron chi connectivity index (χ3n) is 8.53. The molecule has 1 N–H and O–H groups in total. The second-order valence-corrected chi connectivity index (χ2v) is 10.4. The number of imidazole rings is 1. The minimum atomic E-state index is -0.104. The van der Waals surface area contributed by atoms with Gasteiger partial charge in [0.25, 0.3) is 11.8 Å². The molecule has 2 aromatic rings. The Morgan fingerprint density at radius 1 is 1.19 bits per heavy atom. The Kier molecular flexibility index (Phi) is 5.48. The van der Waals surface area contributed by atoms with Crippen molar-refractivity contribution in [3.8, 4) is 0 Å². The molecule has 2 aromatic heterocycles. The number of methoxy groups -OCH3 is 1. The summed E-state index contributed by atoms with van der Waals surface area (Å²) < 4.78 is 7.14. The molecule has 4 aliphatic rings. The summed E-state index contributed by atoms with van der Waals surface area (Å²) in [6, 6.07) is 5.46. The average molecular weight is 439 g/mol. The van der Waals surface area contributed by atoms with Gasteiger partial charge in [0.1, 0.15) is 17.0 Å². The number of aromatic nitrogens is 2. The third kappa shape index (κ3) is 3.60. The van der Waals surface area contributed by atoms with Crippen LogP contribution in [-0.4, -0.2) is 58.9 Å². The van der Waals surface area contributed by atoms with Crippen molar-refractivity contribution in [1.82, 2.24) is 19.6 Å². The van der Waals surface area contributed by atoms with E-state index in [0.717, 1.165) is 18.8 Å². The highest BCUT2D eigenvalue weighted by atomic mass is 16.5. The van der Waals surface area contributed by atoms with Crippen molar-refractivity contribution in [3.63, 3.8) is 0 Å². The van der Waals surface area contributed by atoms with Gasteiger partial charge in [-0.2, -0.15) is 0 Å². The third-order valence-corrected chi connectivity index (χ3v) is 8.53. The smallest absolute Gasteiger partial charge is 0.274 e. The zero-order valence-corrected chi connectivity index (χ0v) is 19.3. The van der Waals surface area contributed by atoms with Crippen LogP contribution in [0.4, 0.5) is 0 Å². The highest BCUT2D eigenvalue weighted by Gasteiger charge is 2.53. The second-order valence-electron chi connectivity index (χ2n) is 10.4. The molecule has 3 heterocycles. The van der Waals surface area contributed by atoms with Crippen molar-refractivity contribution in [1.29, 1.82) is 0 Å². The number of pyridine rings is 1. The van der Waals surface area contributed by atoms with Crippen LogP contribution in [0, 0.1) is 23.2 Å². The fourth-order valence-corrected chi connectivity index (χ4v) is 6.28. The van der Waals surface area contributed by atoms with Crippen LogP contribution in [0.1, 0.15) is 66.9 Å². The Morgan fingerprint density at radius 3 is 2.66 bits per heavy atom. The molecule has 3 atom stereocenters. The number of likely N-dealkylation sites (tertiary alicyclic amines) is 1. The lowest BCUT2D eigenvalue weighted by atomic mass is 9.45. The van der Waals surface area contributed by atoms with E-state index in [9.17, 15) is 9.59 Å². The lowest BCUT2D eigenvalue weighted by molar-refractivity contribution is -0.103.